The third-order valence-electron chi connectivity index (χ3n) is 4.36. The molecule has 3 rings (SSSR count). The highest BCUT2D eigenvalue weighted by molar-refractivity contribution is 5.74. The number of halogens is 1. The molecule has 0 aliphatic heterocycles. The highest BCUT2D eigenvalue weighted by Crippen LogP contribution is 2.47. The first-order chi connectivity index (χ1) is 11.6. The Morgan fingerprint density at radius 3 is 2.54 bits per heavy atom. The van der Waals surface area contributed by atoms with E-state index >= 15 is 0 Å². The van der Waals surface area contributed by atoms with Crippen LogP contribution in [0, 0.1) is 5.82 Å². The Hall–Kier alpha value is -2.63. The summed E-state index contributed by atoms with van der Waals surface area (Å²) in [6, 6.07) is 9.91. The number of benzene rings is 1. The van der Waals surface area contributed by atoms with Crippen molar-refractivity contribution in [3.05, 3.63) is 59.5 Å². The van der Waals surface area contributed by atoms with Gasteiger partial charge in [0.2, 0.25) is 5.88 Å². The molecule has 6 heteroatoms. The third kappa shape index (κ3) is 3.82. The van der Waals surface area contributed by atoms with Crippen LogP contribution in [0.15, 0.2) is 42.6 Å². The first-order valence-electron chi connectivity index (χ1n) is 7.88. The maximum atomic E-state index is 13.0. The van der Waals surface area contributed by atoms with Crippen LogP contribution in [-0.2, 0) is 12.0 Å². The average Bonchev–Trinajstić information content (AvgIpc) is 3.40. The van der Waals surface area contributed by atoms with Gasteiger partial charge in [0, 0.05) is 30.8 Å². The van der Waals surface area contributed by atoms with Crippen molar-refractivity contribution in [1.29, 1.82) is 0 Å². The van der Waals surface area contributed by atoms with Gasteiger partial charge in [-0.3, -0.25) is 0 Å². The molecule has 5 nitrogen and oxygen atoms in total. The summed E-state index contributed by atoms with van der Waals surface area (Å²) in [5.74, 6) is 0.298. The molecule has 0 saturated heterocycles. The molecule has 2 amide bonds. The summed E-state index contributed by atoms with van der Waals surface area (Å²) in [7, 11) is 1.56. The number of hydrogen-bond acceptors (Lipinski definition) is 3. The molecule has 1 aromatic carbocycles. The number of carbonyl (C=O) groups is 1. The number of urea groups is 1. The fourth-order valence-electron chi connectivity index (χ4n) is 2.65. The monoisotopic (exact) mass is 329 g/mol. The van der Waals surface area contributed by atoms with Gasteiger partial charge in [-0.25, -0.2) is 14.2 Å². The second-order valence-corrected chi connectivity index (χ2v) is 6.03. The van der Waals surface area contributed by atoms with Crippen molar-refractivity contribution in [2.45, 2.75) is 24.8 Å². The Kier molecular flexibility index (Phi) is 4.64. The summed E-state index contributed by atoms with van der Waals surface area (Å²) < 4.78 is 18.0. The van der Waals surface area contributed by atoms with Crippen LogP contribution in [0.2, 0.25) is 0 Å². The lowest BCUT2D eigenvalue weighted by atomic mass is 9.96. The molecule has 0 bridgehead atoms. The molecule has 0 radical (unpaired) electrons. The largest absolute Gasteiger partial charge is 0.481 e. The van der Waals surface area contributed by atoms with Crippen molar-refractivity contribution in [1.82, 2.24) is 15.6 Å². The van der Waals surface area contributed by atoms with Crippen molar-refractivity contribution < 1.29 is 13.9 Å². The van der Waals surface area contributed by atoms with Crippen LogP contribution in [0.5, 0.6) is 5.88 Å². The number of carbonyl (C=O) groups excluding carboxylic acids is 1. The van der Waals surface area contributed by atoms with Crippen LogP contribution in [0.4, 0.5) is 9.18 Å². The van der Waals surface area contributed by atoms with Gasteiger partial charge in [0.1, 0.15) is 5.82 Å². The Morgan fingerprint density at radius 1 is 1.21 bits per heavy atom. The molecule has 0 spiro atoms. The first-order valence-corrected chi connectivity index (χ1v) is 7.88. The number of nitrogens with one attached hydrogen (secondary N) is 2. The number of amides is 2. The van der Waals surface area contributed by atoms with Gasteiger partial charge in [0.15, 0.2) is 0 Å². The summed E-state index contributed by atoms with van der Waals surface area (Å²) in [5.41, 5.74) is 1.92. The van der Waals surface area contributed by atoms with E-state index in [9.17, 15) is 9.18 Å². The van der Waals surface area contributed by atoms with Gasteiger partial charge < -0.3 is 15.4 Å². The van der Waals surface area contributed by atoms with Crippen molar-refractivity contribution in [2.24, 2.45) is 0 Å². The van der Waals surface area contributed by atoms with Crippen LogP contribution in [0.3, 0.4) is 0 Å². The Morgan fingerprint density at radius 2 is 1.96 bits per heavy atom. The van der Waals surface area contributed by atoms with E-state index in [0.717, 1.165) is 24.0 Å². The van der Waals surface area contributed by atoms with E-state index in [1.807, 2.05) is 6.07 Å². The summed E-state index contributed by atoms with van der Waals surface area (Å²) >= 11 is 0. The van der Waals surface area contributed by atoms with E-state index in [1.54, 1.807) is 31.5 Å². The summed E-state index contributed by atoms with van der Waals surface area (Å²) in [4.78, 5) is 16.1. The van der Waals surface area contributed by atoms with Crippen LogP contribution in [0.1, 0.15) is 24.0 Å². The van der Waals surface area contributed by atoms with Crippen molar-refractivity contribution in [2.75, 3.05) is 13.7 Å². The van der Waals surface area contributed by atoms with E-state index < -0.39 is 0 Å². The maximum absolute atomic E-state index is 13.0. The number of rotatable bonds is 6. The van der Waals surface area contributed by atoms with Gasteiger partial charge in [0.05, 0.1) is 7.11 Å². The maximum Gasteiger partial charge on any atom is 0.315 e. The number of aromatic nitrogens is 1. The molecule has 2 N–H and O–H groups in total. The number of ether oxygens (including phenoxy) is 1. The lowest BCUT2D eigenvalue weighted by molar-refractivity contribution is 0.239. The van der Waals surface area contributed by atoms with Gasteiger partial charge in [-0.15, -0.1) is 0 Å². The summed E-state index contributed by atoms with van der Waals surface area (Å²) in [6.07, 6.45) is 3.67. The number of nitrogens with zero attached hydrogens (tertiary/aromatic N) is 1. The second kappa shape index (κ2) is 6.86. The molecule has 2 aromatic rings. The van der Waals surface area contributed by atoms with E-state index in [0.29, 0.717) is 19.0 Å². The number of pyridine rings is 1. The quantitative estimate of drug-likeness (QED) is 0.856. The molecule has 1 fully saturated rings. The van der Waals surface area contributed by atoms with E-state index in [2.05, 4.69) is 15.6 Å². The van der Waals surface area contributed by atoms with Crippen molar-refractivity contribution >= 4 is 6.03 Å². The van der Waals surface area contributed by atoms with Gasteiger partial charge in [-0.2, -0.15) is 0 Å². The fraction of sp³-hybridized carbons (Fsp3) is 0.333. The summed E-state index contributed by atoms with van der Waals surface area (Å²) in [5, 5.41) is 5.71. The van der Waals surface area contributed by atoms with Crippen LogP contribution < -0.4 is 15.4 Å². The number of methoxy groups -OCH3 is 1. The molecule has 1 saturated carbocycles. The standard InChI is InChI=1S/C18H20FN3O2/c1-24-16-7-2-13(10-20-16)11-21-17(23)22-12-18(8-9-18)14-3-5-15(19)6-4-14/h2-7,10H,8-9,11-12H2,1H3,(H2,21,22,23). The number of hydrogen-bond donors (Lipinski definition) is 2. The van der Waals surface area contributed by atoms with E-state index in [-0.39, 0.29) is 17.3 Å². The lowest BCUT2D eigenvalue weighted by Crippen LogP contribution is -2.39. The highest BCUT2D eigenvalue weighted by Gasteiger charge is 2.44. The molecule has 126 valence electrons. The molecule has 24 heavy (non-hydrogen) atoms. The molecular formula is C18H20FN3O2. The Bertz CT molecular complexity index is 697. The molecule has 0 unspecified atom stereocenters. The molecular weight excluding hydrogens is 309 g/mol. The first kappa shape index (κ1) is 16.2. The third-order valence-corrected chi connectivity index (χ3v) is 4.36. The zero-order chi connectivity index (χ0) is 17.0. The SMILES string of the molecule is COc1ccc(CNC(=O)NCC2(c3ccc(F)cc3)CC2)cn1. The van der Waals surface area contributed by atoms with Crippen LogP contribution in [-0.4, -0.2) is 24.7 Å². The van der Waals surface area contributed by atoms with Gasteiger partial charge in [0.25, 0.3) is 0 Å². The smallest absolute Gasteiger partial charge is 0.315 e. The predicted octanol–water partition coefficient (Wildman–Crippen LogP) is 2.76. The molecule has 1 aliphatic carbocycles. The highest BCUT2D eigenvalue weighted by atomic mass is 19.1. The Labute approximate surface area is 140 Å². The minimum Gasteiger partial charge on any atom is -0.481 e. The van der Waals surface area contributed by atoms with Crippen molar-refractivity contribution in [3.8, 4) is 5.88 Å². The normalized spacial score (nSPS) is 14.8. The zero-order valence-corrected chi connectivity index (χ0v) is 13.5. The minimum absolute atomic E-state index is 0.0489. The predicted molar refractivity (Wildman–Crippen MR) is 88.3 cm³/mol. The summed E-state index contributed by atoms with van der Waals surface area (Å²) in [6.45, 7) is 0.942. The Balaban J connectivity index is 1.47. The molecule has 1 aromatic heterocycles. The van der Waals surface area contributed by atoms with E-state index in [4.69, 9.17) is 4.74 Å². The van der Waals surface area contributed by atoms with Crippen LogP contribution >= 0.6 is 0 Å². The van der Waals surface area contributed by atoms with Crippen molar-refractivity contribution in [3.63, 3.8) is 0 Å². The van der Waals surface area contributed by atoms with Gasteiger partial charge in [-0.05, 0) is 36.1 Å². The van der Waals surface area contributed by atoms with E-state index in [1.165, 1.54) is 12.1 Å². The fourth-order valence-corrected chi connectivity index (χ4v) is 2.65. The lowest BCUT2D eigenvalue weighted by Gasteiger charge is -2.17. The zero-order valence-electron chi connectivity index (χ0n) is 13.5. The van der Waals surface area contributed by atoms with Gasteiger partial charge >= 0.3 is 6.03 Å². The van der Waals surface area contributed by atoms with Crippen LogP contribution in [0.25, 0.3) is 0 Å². The minimum atomic E-state index is -0.242. The van der Waals surface area contributed by atoms with Gasteiger partial charge in [-0.1, -0.05) is 18.2 Å². The molecule has 1 aliphatic rings. The second-order valence-electron chi connectivity index (χ2n) is 6.03. The molecule has 0 atom stereocenters. The molecule has 1 heterocycles. The topological polar surface area (TPSA) is 63.2 Å². The average molecular weight is 329 g/mol.